The number of nitrogens with zero attached hydrogens (tertiary/aromatic N) is 1. The molecule has 114 valence electrons. The van der Waals surface area contributed by atoms with E-state index in [2.05, 4.69) is 9.47 Å². The van der Waals surface area contributed by atoms with E-state index in [1.165, 1.54) is 13.0 Å². The number of carbonyl (C=O) groups excluding carboxylic acids is 1. The van der Waals surface area contributed by atoms with Crippen LogP contribution in [0.5, 0.6) is 5.75 Å². The molecule has 0 saturated heterocycles. The Balaban J connectivity index is 3.53. The van der Waals surface area contributed by atoms with Gasteiger partial charge in [0.15, 0.2) is 5.75 Å². The van der Waals surface area contributed by atoms with E-state index in [1.54, 1.807) is 0 Å². The van der Waals surface area contributed by atoms with E-state index < -0.39 is 41.2 Å². The molecule has 0 aromatic heterocycles. The summed E-state index contributed by atoms with van der Waals surface area (Å²) >= 11 is 0. The summed E-state index contributed by atoms with van der Waals surface area (Å²) in [5.74, 6) is -2.63. The predicted octanol–water partition coefficient (Wildman–Crippen LogP) is 3.57. The lowest BCUT2D eigenvalue weighted by Gasteiger charge is -2.16. The van der Waals surface area contributed by atoms with Gasteiger partial charge in [-0.3, -0.25) is 0 Å². The van der Waals surface area contributed by atoms with E-state index in [4.69, 9.17) is 5.26 Å². The molecule has 0 amide bonds. The Kier molecular flexibility index (Phi) is 5.07. The van der Waals surface area contributed by atoms with Gasteiger partial charge >= 0.3 is 12.3 Å². The molecule has 0 fully saturated rings. The number of ether oxygens (including phenoxy) is 2. The second-order valence-electron chi connectivity index (χ2n) is 3.58. The number of benzene rings is 1. The van der Waals surface area contributed by atoms with Crippen molar-refractivity contribution in [2.24, 2.45) is 0 Å². The summed E-state index contributed by atoms with van der Waals surface area (Å²) in [4.78, 5) is 11.5. The number of nitriles is 1. The minimum atomic E-state index is -5.29. The average Bonchev–Trinajstić information content (AvgIpc) is 2.36. The van der Waals surface area contributed by atoms with E-state index in [-0.39, 0.29) is 6.61 Å². The zero-order valence-electron chi connectivity index (χ0n) is 10.5. The number of hydrogen-bond donors (Lipinski definition) is 0. The highest BCUT2D eigenvalue weighted by molar-refractivity contribution is 5.92. The van der Waals surface area contributed by atoms with E-state index >= 15 is 0 Å². The fourth-order valence-corrected chi connectivity index (χ4v) is 1.52. The van der Waals surface area contributed by atoms with Crippen molar-refractivity contribution >= 4 is 5.97 Å². The van der Waals surface area contributed by atoms with Gasteiger partial charge in [-0.15, -0.1) is 13.2 Å². The third kappa shape index (κ3) is 4.05. The molecule has 0 N–H and O–H groups in total. The number of alkyl halides is 5. The summed E-state index contributed by atoms with van der Waals surface area (Å²) in [7, 11) is 0. The van der Waals surface area contributed by atoms with Crippen LogP contribution in [0, 0.1) is 11.3 Å². The third-order valence-electron chi connectivity index (χ3n) is 2.25. The van der Waals surface area contributed by atoms with Gasteiger partial charge in [-0.1, -0.05) is 0 Å². The zero-order chi connectivity index (χ0) is 16.2. The standard InChI is InChI=1S/C12H8F5NO3/c1-2-20-11(19)7-4-3-6(5-18)9(8(7)10(13)14)21-12(15,16)17/h3-4,10H,2H2,1H3. The van der Waals surface area contributed by atoms with Crippen molar-refractivity contribution in [2.45, 2.75) is 19.7 Å². The largest absolute Gasteiger partial charge is 0.573 e. The highest BCUT2D eigenvalue weighted by atomic mass is 19.4. The Labute approximate surface area is 115 Å². The molecule has 1 rings (SSSR count). The molecule has 1 aromatic carbocycles. The molecule has 0 heterocycles. The lowest BCUT2D eigenvalue weighted by atomic mass is 10.0. The SMILES string of the molecule is CCOC(=O)c1ccc(C#N)c(OC(F)(F)F)c1C(F)F. The first kappa shape index (κ1) is 16.7. The van der Waals surface area contributed by atoms with E-state index in [9.17, 15) is 26.7 Å². The van der Waals surface area contributed by atoms with E-state index in [1.807, 2.05) is 0 Å². The van der Waals surface area contributed by atoms with Crippen LogP contribution in [0.25, 0.3) is 0 Å². The predicted molar refractivity (Wildman–Crippen MR) is 58.8 cm³/mol. The minimum Gasteiger partial charge on any atom is -0.462 e. The van der Waals surface area contributed by atoms with Crippen molar-refractivity contribution in [1.82, 2.24) is 0 Å². The minimum absolute atomic E-state index is 0.156. The number of halogens is 5. The Morgan fingerprint density at radius 2 is 2.00 bits per heavy atom. The average molecular weight is 309 g/mol. The maximum atomic E-state index is 13.0. The number of carbonyl (C=O) groups is 1. The van der Waals surface area contributed by atoms with Gasteiger partial charge in [-0.25, -0.2) is 13.6 Å². The van der Waals surface area contributed by atoms with Gasteiger partial charge in [0.25, 0.3) is 6.43 Å². The van der Waals surface area contributed by atoms with Crippen molar-refractivity contribution in [3.05, 3.63) is 28.8 Å². The Morgan fingerprint density at radius 3 is 2.43 bits per heavy atom. The van der Waals surface area contributed by atoms with Gasteiger partial charge in [-0.2, -0.15) is 5.26 Å². The molecule has 0 aliphatic heterocycles. The van der Waals surface area contributed by atoms with E-state index in [0.717, 1.165) is 12.1 Å². The summed E-state index contributed by atoms with van der Waals surface area (Å²) in [5, 5.41) is 8.70. The smallest absolute Gasteiger partial charge is 0.462 e. The van der Waals surface area contributed by atoms with Gasteiger partial charge in [0.1, 0.15) is 6.07 Å². The van der Waals surface area contributed by atoms with Crippen LogP contribution >= 0.6 is 0 Å². The maximum absolute atomic E-state index is 13.0. The van der Waals surface area contributed by atoms with Gasteiger partial charge in [-0.05, 0) is 19.1 Å². The van der Waals surface area contributed by atoms with Crippen LogP contribution in [0.4, 0.5) is 22.0 Å². The summed E-state index contributed by atoms with van der Waals surface area (Å²) < 4.78 is 70.9. The van der Waals surface area contributed by atoms with E-state index in [0.29, 0.717) is 0 Å². The molecule has 0 atom stereocenters. The molecular weight excluding hydrogens is 301 g/mol. The monoisotopic (exact) mass is 309 g/mol. The lowest BCUT2D eigenvalue weighted by molar-refractivity contribution is -0.275. The first-order chi connectivity index (χ1) is 9.71. The third-order valence-corrected chi connectivity index (χ3v) is 2.25. The van der Waals surface area contributed by atoms with Crippen molar-refractivity contribution in [3.63, 3.8) is 0 Å². The molecule has 1 aromatic rings. The van der Waals surface area contributed by atoms with Crippen LogP contribution in [-0.4, -0.2) is 18.9 Å². The fourth-order valence-electron chi connectivity index (χ4n) is 1.52. The first-order valence-electron chi connectivity index (χ1n) is 5.49. The summed E-state index contributed by atoms with van der Waals surface area (Å²) in [6, 6.07) is 2.87. The molecule has 9 heteroatoms. The lowest BCUT2D eigenvalue weighted by Crippen LogP contribution is -2.20. The first-order valence-corrected chi connectivity index (χ1v) is 5.49. The molecule has 0 aliphatic carbocycles. The molecule has 4 nitrogen and oxygen atoms in total. The molecular formula is C12H8F5NO3. The van der Waals surface area contributed by atoms with Gasteiger partial charge in [0.05, 0.1) is 23.3 Å². The molecule has 0 radical (unpaired) electrons. The van der Waals surface area contributed by atoms with Gasteiger partial charge in [0, 0.05) is 0 Å². The van der Waals surface area contributed by atoms with Crippen LogP contribution in [0.2, 0.25) is 0 Å². The Hall–Kier alpha value is -2.37. The fraction of sp³-hybridized carbons (Fsp3) is 0.333. The zero-order valence-corrected chi connectivity index (χ0v) is 10.5. The summed E-state index contributed by atoms with van der Waals surface area (Å²) in [6.45, 7) is 1.24. The van der Waals surface area contributed by atoms with Gasteiger partial charge in [0.2, 0.25) is 0 Å². The molecule has 0 saturated carbocycles. The highest BCUT2D eigenvalue weighted by Gasteiger charge is 2.36. The normalized spacial score (nSPS) is 11.1. The summed E-state index contributed by atoms with van der Waals surface area (Å²) in [6.07, 6.45) is -8.75. The number of hydrogen-bond acceptors (Lipinski definition) is 4. The van der Waals surface area contributed by atoms with Crippen molar-refractivity contribution in [1.29, 1.82) is 5.26 Å². The molecule has 21 heavy (non-hydrogen) atoms. The van der Waals surface area contributed by atoms with Crippen LogP contribution in [0.3, 0.4) is 0 Å². The van der Waals surface area contributed by atoms with Crippen molar-refractivity contribution < 1.29 is 36.2 Å². The number of esters is 1. The molecule has 0 spiro atoms. The topological polar surface area (TPSA) is 59.3 Å². The Bertz CT molecular complexity index is 577. The van der Waals surface area contributed by atoms with Crippen LogP contribution in [0.1, 0.15) is 34.8 Å². The second-order valence-corrected chi connectivity index (χ2v) is 3.58. The number of rotatable bonds is 4. The van der Waals surface area contributed by atoms with Crippen LogP contribution in [0.15, 0.2) is 12.1 Å². The van der Waals surface area contributed by atoms with Gasteiger partial charge < -0.3 is 9.47 Å². The summed E-state index contributed by atoms with van der Waals surface area (Å²) in [5.41, 5.74) is -2.88. The highest BCUT2D eigenvalue weighted by Crippen LogP contribution is 2.38. The maximum Gasteiger partial charge on any atom is 0.573 e. The van der Waals surface area contributed by atoms with Crippen molar-refractivity contribution in [2.75, 3.05) is 6.61 Å². The molecule has 0 aliphatic rings. The Morgan fingerprint density at radius 1 is 1.38 bits per heavy atom. The van der Waals surface area contributed by atoms with Crippen LogP contribution < -0.4 is 4.74 Å². The quantitative estimate of drug-likeness (QED) is 0.630. The molecule has 0 bridgehead atoms. The van der Waals surface area contributed by atoms with Crippen LogP contribution in [-0.2, 0) is 4.74 Å². The van der Waals surface area contributed by atoms with Crippen molar-refractivity contribution in [3.8, 4) is 11.8 Å². The second kappa shape index (κ2) is 6.39. The molecule has 0 unspecified atom stereocenters.